The lowest BCUT2D eigenvalue weighted by molar-refractivity contribution is 0.134. The van der Waals surface area contributed by atoms with Crippen molar-refractivity contribution in [1.29, 1.82) is 0 Å². The molecule has 1 aliphatic rings. The van der Waals surface area contributed by atoms with Gasteiger partial charge in [0.25, 0.3) is 0 Å². The Morgan fingerprint density at radius 1 is 1.31 bits per heavy atom. The molecule has 3 heteroatoms. The summed E-state index contributed by atoms with van der Waals surface area (Å²) in [6.45, 7) is 3.67. The van der Waals surface area contributed by atoms with Gasteiger partial charge in [-0.05, 0) is 24.6 Å². The van der Waals surface area contributed by atoms with E-state index < -0.39 is 0 Å². The molecule has 3 nitrogen and oxygen atoms in total. The van der Waals surface area contributed by atoms with Gasteiger partial charge in [0.15, 0.2) is 11.5 Å². The zero-order chi connectivity index (χ0) is 9.10. The molecule has 0 fully saturated rings. The maximum atomic E-state index is 5.28. The summed E-state index contributed by atoms with van der Waals surface area (Å²) >= 11 is 0. The molecule has 0 saturated heterocycles. The van der Waals surface area contributed by atoms with Gasteiger partial charge in [0.2, 0.25) is 6.79 Å². The van der Waals surface area contributed by atoms with Crippen LogP contribution in [-0.2, 0) is 11.3 Å². The van der Waals surface area contributed by atoms with E-state index in [1.807, 2.05) is 25.1 Å². The van der Waals surface area contributed by atoms with Crippen molar-refractivity contribution in [2.24, 2.45) is 0 Å². The molecule has 0 aliphatic carbocycles. The maximum Gasteiger partial charge on any atom is 0.231 e. The van der Waals surface area contributed by atoms with Gasteiger partial charge in [-0.2, -0.15) is 0 Å². The number of ether oxygens (including phenoxy) is 3. The normalized spacial score (nSPS) is 13.3. The Hall–Kier alpha value is -1.22. The third kappa shape index (κ3) is 1.75. The Morgan fingerprint density at radius 3 is 3.00 bits per heavy atom. The topological polar surface area (TPSA) is 27.7 Å². The molecule has 0 aromatic heterocycles. The van der Waals surface area contributed by atoms with Crippen LogP contribution in [0.3, 0.4) is 0 Å². The lowest BCUT2D eigenvalue weighted by Gasteiger charge is -2.02. The summed E-state index contributed by atoms with van der Waals surface area (Å²) in [5.41, 5.74) is 1.12. The highest BCUT2D eigenvalue weighted by Crippen LogP contribution is 2.32. The Balaban J connectivity index is 2.12. The van der Waals surface area contributed by atoms with Crippen molar-refractivity contribution in [3.05, 3.63) is 23.8 Å². The highest BCUT2D eigenvalue weighted by molar-refractivity contribution is 5.44. The van der Waals surface area contributed by atoms with Crippen LogP contribution in [0.4, 0.5) is 0 Å². The molecule has 1 heterocycles. The lowest BCUT2D eigenvalue weighted by atomic mass is 10.2. The highest BCUT2D eigenvalue weighted by Gasteiger charge is 2.12. The van der Waals surface area contributed by atoms with Crippen molar-refractivity contribution in [2.75, 3.05) is 13.4 Å². The van der Waals surface area contributed by atoms with Crippen molar-refractivity contribution in [3.8, 4) is 11.5 Å². The summed E-state index contributed by atoms with van der Waals surface area (Å²) in [5, 5.41) is 0. The van der Waals surface area contributed by atoms with E-state index in [2.05, 4.69) is 0 Å². The van der Waals surface area contributed by atoms with Gasteiger partial charge in [-0.15, -0.1) is 0 Å². The molecule has 0 amide bonds. The summed E-state index contributed by atoms with van der Waals surface area (Å²) in [5.74, 6) is 1.64. The fourth-order valence-corrected chi connectivity index (χ4v) is 1.25. The Kier molecular flexibility index (Phi) is 2.36. The smallest absolute Gasteiger partial charge is 0.231 e. The molecule has 1 aliphatic heterocycles. The van der Waals surface area contributed by atoms with Crippen LogP contribution in [0.15, 0.2) is 18.2 Å². The van der Waals surface area contributed by atoms with E-state index in [0.29, 0.717) is 13.4 Å². The average molecular weight is 180 g/mol. The molecule has 0 saturated carbocycles. The second kappa shape index (κ2) is 3.66. The predicted molar refractivity (Wildman–Crippen MR) is 47.9 cm³/mol. The molecule has 13 heavy (non-hydrogen) atoms. The molecule has 0 unspecified atom stereocenters. The van der Waals surface area contributed by atoms with Gasteiger partial charge in [0, 0.05) is 6.61 Å². The van der Waals surface area contributed by atoms with Crippen molar-refractivity contribution in [1.82, 2.24) is 0 Å². The zero-order valence-electron chi connectivity index (χ0n) is 7.58. The minimum absolute atomic E-state index is 0.327. The van der Waals surface area contributed by atoms with Gasteiger partial charge in [0.1, 0.15) is 0 Å². The summed E-state index contributed by atoms with van der Waals surface area (Å²) < 4.78 is 15.7. The van der Waals surface area contributed by atoms with Crippen LogP contribution >= 0.6 is 0 Å². The second-order valence-electron chi connectivity index (χ2n) is 2.82. The number of rotatable bonds is 3. The number of fused-ring (bicyclic) bond motifs is 1. The first-order chi connectivity index (χ1) is 6.40. The average Bonchev–Trinajstić information content (AvgIpc) is 2.61. The molecule has 70 valence electrons. The monoisotopic (exact) mass is 180 g/mol. The number of hydrogen-bond acceptors (Lipinski definition) is 3. The van der Waals surface area contributed by atoms with E-state index in [1.54, 1.807) is 0 Å². The first-order valence-corrected chi connectivity index (χ1v) is 4.36. The van der Waals surface area contributed by atoms with E-state index in [4.69, 9.17) is 14.2 Å². The van der Waals surface area contributed by atoms with Crippen molar-refractivity contribution < 1.29 is 14.2 Å². The van der Waals surface area contributed by atoms with Crippen molar-refractivity contribution in [2.45, 2.75) is 13.5 Å². The quantitative estimate of drug-likeness (QED) is 0.711. The van der Waals surface area contributed by atoms with E-state index in [-0.39, 0.29) is 0 Å². The van der Waals surface area contributed by atoms with E-state index in [0.717, 1.165) is 23.7 Å². The molecular formula is C10H12O3. The van der Waals surface area contributed by atoms with Gasteiger partial charge < -0.3 is 14.2 Å². The van der Waals surface area contributed by atoms with Crippen LogP contribution in [0.5, 0.6) is 11.5 Å². The molecule has 1 aromatic rings. The third-order valence-corrected chi connectivity index (χ3v) is 1.91. The molecule has 0 spiro atoms. The molecule has 0 radical (unpaired) electrons. The molecule has 0 bridgehead atoms. The molecule has 0 N–H and O–H groups in total. The van der Waals surface area contributed by atoms with E-state index in [1.165, 1.54) is 0 Å². The van der Waals surface area contributed by atoms with Crippen molar-refractivity contribution >= 4 is 0 Å². The Bertz CT molecular complexity index is 296. The fourth-order valence-electron chi connectivity index (χ4n) is 1.25. The van der Waals surface area contributed by atoms with Gasteiger partial charge >= 0.3 is 0 Å². The first kappa shape index (κ1) is 8.38. The van der Waals surface area contributed by atoms with Gasteiger partial charge in [0.05, 0.1) is 6.61 Å². The largest absolute Gasteiger partial charge is 0.454 e. The second-order valence-corrected chi connectivity index (χ2v) is 2.82. The third-order valence-electron chi connectivity index (χ3n) is 1.91. The molecule has 2 rings (SSSR count). The summed E-state index contributed by atoms with van der Waals surface area (Å²) in [6.07, 6.45) is 0. The SMILES string of the molecule is CCOCc1ccc2c(c1)OCO2. The van der Waals surface area contributed by atoms with E-state index >= 15 is 0 Å². The van der Waals surface area contributed by atoms with Crippen LogP contribution < -0.4 is 9.47 Å². The van der Waals surface area contributed by atoms with Crippen LogP contribution in [0.2, 0.25) is 0 Å². The summed E-state index contributed by atoms with van der Waals surface area (Å²) in [7, 11) is 0. The van der Waals surface area contributed by atoms with Crippen LogP contribution in [0.1, 0.15) is 12.5 Å². The van der Waals surface area contributed by atoms with Gasteiger partial charge in [-0.1, -0.05) is 6.07 Å². The zero-order valence-corrected chi connectivity index (χ0v) is 7.58. The molecule has 1 aromatic carbocycles. The van der Waals surface area contributed by atoms with Crippen LogP contribution in [0.25, 0.3) is 0 Å². The first-order valence-electron chi connectivity index (χ1n) is 4.36. The maximum absolute atomic E-state index is 5.28. The molecular weight excluding hydrogens is 168 g/mol. The minimum Gasteiger partial charge on any atom is -0.454 e. The van der Waals surface area contributed by atoms with Crippen LogP contribution in [0, 0.1) is 0 Å². The van der Waals surface area contributed by atoms with Crippen LogP contribution in [-0.4, -0.2) is 13.4 Å². The standard InChI is InChI=1S/C10H12O3/c1-2-11-6-8-3-4-9-10(5-8)13-7-12-9/h3-5H,2,6-7H2,1H3. The number of hydrogen-bond donors (Lipinski definition) is 0. The summed E-state index contributed by atoms with van der Waals surface area (Å²) in [4.78, 5) is 0. The highest BCUT2D eigenvalue weighted by atomic mass is 16.7. The lowest BCUT2D eigenvalue weighted by Crippen LogP contribution is -1.93. The van der Waals surface area contributed by atoms with E-state index in [9.17, 15) is 0 Å². The predicted octanol–water partition coefficient (Wildman–Crippen LogP) is 1.95. The van der Waals surface area contributed by atoms with Gasteiger partial charge in [-0.3, -0.25) is 0 Å². The number of benzene rings is 1. The minimum atomic E-state index is 0.327. The molecule has 0 atom stereocenters. The Labute approximate surface area is 77.2 Å². The fraction of sp³-hybridized carbons (Fsp3) is 0.400. The van der Waals surface area contributed by atoms with Gasteiger partial charge in [-0.25, -0.2) is 0 Å². The van der Waals surface area contributed by atoms with Crippen molar-refractivity contribution in [3.63, 3.8) is 0 Å². The Morgan fingerprint density at radius 2 is 2.15 bits per heavy atom. The summed E-state index contributed by atoms with van der Waals surface area (Å²) in [6, 6.07) is 5.86.